The van der Waals surface area contributed by atoms with Crippen molar-refractivity contribution in [3.8, 4) is 11.5 Å². The van der Waals surface area contributed by atoms with Crippen molar-refractivity contribution in [2.45, 2.75) is 51.7 Å². The molecule has 1 fully saturated rings. The van der Waals surface area contributed by atoms with Crippen LogP contribution < -0.4 is 9.47 Å². The molecule has 2 aromatic carbocycles. The summed E-state index contributed by atoms with van der Waals surface area (Å²) in [7, 11) is 1.66. The Morgan fingerprint density at radius 3 is 2.41 bits per heavy atom. The van der Waals surface area contributed by atoms with Crippen LogP contribution in [0.2, 0.25) is 0 Å². The molecule has 4 rings (SSSR count). The van der Waals surface area contributed by atoms with Crippen LogP contribution in [0.5, 0.6) is 11.5 Å². The lowest BCUT2D eigenvalue weighted by atomic mass is 10.1. The largest absolute Gasteiger partial charge is 0.497 e. The van der Waals surface area contributed by atoms with Crippen LogP contribution in [0.3, 0.4) is 0 Å². The van der Waals surface area contributed by atoms with Crippen LogP contribution in [-0.4, -0.2) is 40.7 Å². The van der Waals surface area contributed by atoms with Crippen molar-refractivity contribution < 1.29 is 18.8 Å². The molecule has 7 nitrogen and oxygen atoms in total. The van der Waals surface area contributed by atoms with Gasteiger partial charge >= 0.3 is 0 Å². The average Bonchev–Trinajstić information content (AvgIpc) is 3.40. The molecule has 0 aliphatic carbocycles. The molecule has 1 atom stereocenters. The first-order chi connectivity index (χ1) is 15.5. The number of benzene rings is 2. The lowest BCUT2D eigenvalue weighted by Gasteiger charge is -2.17. The SMILES string of the molecule is COc1ccc(CCc2nc(C3CC(=O)N(Cc4ccc(OC(C)C)cc4)C3)no2)cc1. The Kier molecular flexibility index (Phi) is 6.73. The quantitative estimate of drug-likeness (QED) is 0.502. The fourth-order valence-corrected chi connectivity index (χ4v) is 3.84. The Labute approximate surface area is 188 Å². The number of rotatable bonds is 9. The Balaban J connectivity index is 1.31. The van der Waals surface area contributed by atoms with E-state index in [4.69, 9.17) is 14.0 Å². The fourth-order valence-electron chi connectivity index (χ4n) is 3.84. The van der Waals surface area contributed by atoms with Crippen LogP contribution in [-0.2, 0) is 24.2 Å². The smallest absolute Gasteiger partial charge is 0.226 e. The minimum absolute atomic E-state index is 0.0375. The summed E-state index contributed by atoms with van der Waals surface area (Å²) >= 11 is 0. The summed E-state index contributed by atoms with van der Waals surface area (Å²) in [5, 5.41) is 4.15. The molecule has 1 aromatic heterocycles. The van der Waals surface area contributed by atoms with Crippen molar-refractivity contribution in [1.29, 1.82) is 0 Å². The van der Waals surface area contributed by atoms with Crippen LogP contribution in [0.1, 0.15) is 49.0 Å². The van der Waals surface area contributed by atoms with Gasteiger partial charge in [-0.2, -0.15) is 4.98 Å². The maximum atomic E-state index is 12.5. The van der Waals surface area contributed by atoms with E-state index in [9.17, 15) is 4.79 Å². The predicted octanol–water partition coefficient (Wildman–Crippen LogP) is 4.17. The van der Waals surface area contributed by atoms with Gasteiger partial charge in [0.25, 0.3) is 0 Å². The van der Waals surface area contributed by atoms with Gasteiger partial charge in [-0.05, 0) is 55.7 Å². The highest BCUT2D eigenvalue weighted by Gasteiger charge is 2.33. The van der Waals surface area contributed by atoms with Gasteiger partial charge < -0.3 is 18.9 Å². The number of aryl methyl sites for hydroxylation is 2. The summed E-state index contributed by atoms with van der Waals surface area (Å²) in [6.45, 7) is 5.17. The number of methoxy groups -OCH3 is 1. The van der Waals surface area contributed by atoms with Crippen molar-refractivity contribution in [2.24, 2.45) is 0 Å². The highest BCUT2D eigenvalue weighted by atomic mass is 16.5. The molecule has 168 valence electrons. The van der Waals surface area contributed by atoms with Crippen molar-refractivity contribution in [2.75, 3.05) is 13.7 Å². The molecule has 1 aliphatic rings. The number of ether oxygens (including phenoxy) is 2. The first kappa shape index (κ1) is 21.9. The molecule has 1 aliphatic heterocycles. The van der Waals surface area contributed by atoms with Crippen molar-refractivity contribution in [3.05, 3.63) is 71.4 Å². The third kappa shape index (κ3) is 5.46. The topological polar surface area (TPSA) is 77.7 Å². The summed E-state index contributed by atoms with van der Waals surface area (Å²) < 4.78 is 16.3. The normalized spacial score (nSPS) is 16.1. The van der Waals surface area contributed by atoms with Gasteiger partial charge in [-0.1, -0.05) is 29.4 Å². The number of carbonyl (C=O) groups is 1. The number of likely N-dealkylation sites (tertiary alicyclic amines) is 1. The van der Waals surface area contributed by atoms with Gasteiger partial charge in [0.15, 0.2) is 5.82 Å². The van der Waals surface area contributed by atoms with Crippen molar-refractivity contribution in [3.63, 3.8) is 0 Å². The molecule has 1 amide bonds. The minimum Gasteiger partial charge on any atom is -0.497 e. The summed E-state index contributed by atoms with van der Waals surface area (Å²) in [6.07, 6.45) is 2.01. The predicted molar refractivity (Wildman–Crippen MR) is 120 cm³/mol. The summed E-state index contributed by atoms with van der Waals surface area (Å²) in [5.74, 6) is 2.97. The van der Waals surface area contributed by atoms with Crippen molar-refractivity contribution >= 4 is 5.91 Å². The van der Waals surface area contributed by atoms with Crippen LogP contribution in [0, 0.1) is 0 Å². The van der Waals surface area contributed by atoms with Gasteiger partial charge in [0.1, 0.15) is 11.5 Å². The summed E-state index contributed by atoms with van der Waals surface area (Å²) in [4.78, 5) is 19.0. The number of hydrogen-bond acceptors (Lipinski definition) is 6. The van der Waals surface area contributed by atoms with Crippen LogP contribution in [0.4, 0.5) is 0 Å². The number of aromatic nitrogens is 2. The third-order valence-electron chi connectivity index (χ3n) is 5.52. The Hall–Kier alpha value is -3.35. The van der Waals surface area contributed by atoms with E-state index in [1.807, 2.05) is 67.3 Å². The molecule has 32 heavy (non-hydrogen) atoms. The van der Waals surface area contributed by atoms with Crippen molar-refractivity contribution in [1.82, 2.24) is 15.0 Å². The van der Waals surface area contributed by atoms with E-state index >= 15 is 0 Å². The second kappa shape index (κ2) is 9.85. The van der Waals surface area contributed by atoms with Crippen LogP contribution >= 0.6 is 0 Å². The number of carbonyl (C=O) groups excluding carboxylic acids is 1. The first-order valence-corrected chi connectivity index (χ1v) is 11.0. The van der Waals surface area contributed by atoms with E-state index < -0.39 is 0 Å². The van der Waals surface area contributed by atoms with E-state index in [-0.39, 0.29) is 17.9 Å². The van der Waals surface area contributed by atoms with E-state index in [0.29, 0.717) is 37.6 Å². The van der Waals surface area contributed by atoms with Crippen LogP contribution in [0.15, 0.2) is 53.1 Å². The number of nitrogens with zero attached hydrogens (tertiary/aromatic N) is 3. The third-order valence-corrected chi connectivity index (χ3v) is 5.52. The molecule has 1 saturated heterocycles. The number of amides is 1. The Morgan fingerprint density at radius 1 is 1.03 bits per heavy atom. The van der Waals surface area contributed by atoms with Gasteiger partial charge in [-0.3, -0.25) is 4.79 Å². The van der Waals surface area contributed by atoms with E-state index in [1.54, 1.807) is 7.11 Å². The van der Waals surface area contributed by atoms with E-state index in [0.717, 1.165) is 23.5 Å². The lowest BCUT2D eigenvalue weighted by molar-refractivity contribution is -0.128. The molecule has 0 bridgehead atoms. The molecule has 0 saturated carbocycles. The molecule has 0 N–H and O–H groups in total. The number of hydrogen-bond donors (Lipinski definition) is 0. The van der Waals surface area contributed by atoms with Gasteiger partial charge in [0, 0.05) is 31.8 Å². The average molecular weight is 436 g/mol. The molecule has 0 radical (unpaired) electrons. The standard InChI is InChI=1S/C25H29N3O4/c1-17(2)31-22-11-6-19(7-12-22)15-28-16-20(14-24(28)29)25-26-23(32-27-25)13-8-18-4-9-21(30-3)10-5-18/h4-7,9-12,17,20H,8,13-16H2,1-3H3. The second-order valence-corrected chi connectivity index (χ2v) is 8.38. The fraction of sp³-hybridized carbons (Fsp3) is 0.400. The first-order valence-electron chi connectivity index (χ1n) is 11.0. The summed E-state index contributed by atoms with van der Waals surface area (Å²) in [6, 6.07) is 15.9. The Bertz CT molecular complexity index is 1030. The molecule has 0 spiro atoms. The zero-order valence-corrected chi connectivity index (χ0v) is 18.8. The van der Waals surface area contributed by atoms with Gasteiger partial charge in [0.05, 0.1) is 13.2 Å². The molecule has 3 aromatic rings. The highest BCUT2D eigenvalue weighted by Crippen LogP contribution is 2.28. The molecule has 2 heterocycles. The molecular weight excluding hydrogens is 406 g/mol. The highest BCUT2D eigenvalue weighted by molar-refractivity contribution is 5.79. The van der Waals surface area contributed by atoms with E-state index in [1.165, 1.54) is 5.56 Å². The van der Waals surface area contributed by atoms with Gasteiger partial charge in [-0.25, -0.2) is 0 Å². The molecule has 7 heteroatoms. The maximum Gasteiger partial charge on any atom is 0.226 e. The van der Waals surface area contributed by atoms with Gasteiger partial charge in [0.2, 0.25) is 11.8 Å². The minimum atomic E-state index is -0.0375. The Morgan fingerprint density at radius 2 is 1.72 bits per heavy atom. The van der Waals surface area contributed by atoms with Gasteiger partial charge in [-0.15, -0.1) is 0 Å². The maximum absolute atomic E-state index is 12.5. The molecular formula is C25H29N3O4. The second-order valence-electron chi connectivity index (χ2n) is 8.38. The zero-order chi connectivity index (χ0) is 22.5. The van der Waals surface area contributed by atoms with Crippen LogP contribution in [0.25, 0.3) is 0 Å². The summed E-state index contributed by atoms with van der Waals surface area (Å²) in [5.41, 5.74) is 2.25. The van der Waals surface area contributed by atoms with E-state index in [2.05, 4.69) is 10.1 Å². The zero-order valence-electron chi connectivity index (χ0n) is 18.8. The monoisotopic (exact) mass is 435 g/mol. The lowest BCUT2D eigenvalue weighted by Crippen LogP contribution is -2.24. The molecule has 1 unspecified atom stereocenters.